The van der Waals surface area contributed by atoms with Crippen molar-refractivity contribution in [2.75, 3.05) is 6.61 Å². The molecule has 0 unspecified atom stereocenters. The number of carbonyl (C=O) groups is 1. The summed E-state index contributed by atoms with van der Waals surface area (Å²) in [5.41, 5.74) is 1.98. The van der Waals surface area contributed by atoms with E-state index in [9.17, 15) is 4.79 Å². The Kier molecular flexibility index (Phi) is 7.33. The molecule has 69 valence electrons. The number of amides is 1. The van der Waals surface area contributed by atoms with E-state index in [1.807, 2.05) is 5.43 Å². The second-order valence-electron chi connectivity index (χ2n) is 2.44. The molecule has 1 N–H and O–H groups in total. The zero-order valence-electron chi connectivity index (χ0n) is 7.38. The van der Waals surface area contributed by atoms with Crippen molar-refractivity contribution in [2.45, 2.75) is 32.6 Å². The third-order valence-electron chi connectivity index (χ3n) is 1.39. The van der Waals surface area contributed by atoms with Crippen molar-refractivity contribution in [1.82, 2.24) is 5.43 Å². The summed E-state index contributed by atoms with van der Waals surface area (Å²) in [6.45, 7) is 7.25. The highest BCUT2D eigenvalue weighted by atomic mass is 16.5. The van der Waals surface area contributed by atoms with Gasteiger partial charge in [-0.25, -0.2) is 10.2 Å². The Balaban J connectivity index is 3.08. The zero-order chi connectivity index (χ0) is 9.23. The summed E-state index contributed by atoms with van der Waals surface area (Å²) in [6.07, 6.45) is 3.74. The summed E-state index contributed by atoms with van der Waals surface area (Å²) in [5, 5.41) is 2.93. The molecule has 0 saturated carbocycles. The Bertz CT molecular complexity index is 137. The molecule has 12 heavy (non-hydrogen) atoms. The third-order valence-corrected chi connectivity index (χ3v) is 1.39. The van der Waals surface area contributed by atoms with Crippen LogP contribution in [0.3, 0.4) is 0 Å². The van der Waals surface area contributed by atoms with Crippen LogP contribution >= 0.6 is 0 Å². The predicted molar refractivity (Wildman–Crippen MR) is 47.1 cm³/mol. The fraction of sp³-hybridized carbons (Fsp3) is 0.750. The van der Waals surface area contributed by atoms with Crippen LogP contribution in [0.1, 0.15) is 32.6 Å². The molecule has 0 bridgehead atoms. The first-order valence-corrected chi connectivity index (χ1v) is 4.14. The van der Waals surface area contributed by atoms with Gasteiger partial charge >= 0.3 is 6.09 Å². The Morgan fingerprint density at radius 3 is 2.83 bits per heavy atom. The van der Waals surface area contributed by atoms with Crippen LogP contribution in [-0.2, 0) is 4.74 Å². The van der Waals surface area contributed by atoms with Gasteiger partial charge in [-0.2, -0.15) is 5.10 Å². The number of unbranched alkanes of at least 4 members (excludes halogenated alkanes) is 3. The van der Waals surface area contributed by atoms with Gasteiger partial charge in [-0.05, 0) is 6.42 Å². The fourth-order valence-corrected chi connectivity index (χ4v) is 0.779. The summed E-state index contributed by atoms with van der Waals surface area (Å²) >= 11 is 0. The average Bonchev–Trinajstić information content (AvgIpc) is 2.05. The first kappa shape index (κ1) is 10.9. The summed E-state index contributed by atoms with van der Waals surface area (Å²) in [6, 6.07) is 0. The number of carbonyl (C=O) groups excluding carboxylic acids is 1. The Morgan fingerprint density at radius 2 is 2.25 bits per heavy atom. The van der Waals surface area contributed by atoms with Gasteiger partial charge in [0.1, 0.15) is 0 Å². The molecule has 0 aliphatic carbocycles. The topological polar surface area (TPSA) is 50.7 Å². The fourth-order valence-electron chi connectivity index (χ4n) is 0.779. The van der Waals surface area contributed by atoms with Crippen LogP contribution in [0.4, 0.5) is 4.79 Å². The quantitative estimate of drug-likeness (QED) is 0.376. The van der Waals surface area contributed by atoms with Gasteiger partial charge < -0.3 is 4.74 Å². The summed E-state index contributed by atoms with van der Waals surface area (Å²) in [5.74, 6) is 0. The predicted octanol–water partition coefficient (Wildman–Crippen LogP) is 1.79. The van der Waals surface area contributed by atoms with E-state index >= 15 is 0 Å². The molecule has 0 heterocycles. The minimum Gasteiger partial charge on any atom is -0.448 e. The maximum atomic E-state index is 10.6. The van der Waals surface area contributed by atoms with Gasteiger partial charge in [0, 0.05) is 0 Å². The van der Waals surface area contributed by atoms with Crippen LogP contribution in [0.5, 0.6) is 0 Å². The van der Waals surface area contributed by atoms with E-state index < -0.39 is 6.09 Å². The summed E-state index contributed by atoms with van der Waals surface area (Å²) in [7, 11) is 0. The lowest BCUT2D eigenvalue weighted by atomic mass is 10.2. The largest absolute Gasteiger partial charge is 0.448 e. The highest BCUT2D eigenvalue weighted by molar-refractivity contribution is 5.67. The Morgan fingerprint density at radius 1 is 1.50 bits per heavy atom. The van der Waals surface area contributed by atoms with Crippen LogP contribution in [0.15, 0.2) is 5.10 Å². The van der Waals surface area contributed by atoms with Gasteiger partial charge in [0.05, 0.1) is 13.3 Å². The highest BCUT2D eigenvalue weighted by Crippen LogP contribution is 1.98. The molecule has 4 nitrogen and oxygen atoms in total. The van der Waals surface area contributed by atoms with Crippen molar-refractivity contribution in [3.05, 3.63) is 0 Å². The molecule has 0 aliphatic heterocycles. The van der Waals surface area contributed by atoms with Crippen molar-refractivity contribution in [1.29, 1.82) is 0 Å². The molecule has 0 aliphatic rings. The number of ether oxygens (including phenoxy) is 1. The highest BCUT2D eigenvalue weighted by Gasteiger charge is 1.97. The zero-order valence-corrected chi connectivity index (χ0v) is 7.38. The van der Waals surface area contributed by atoms with E-state index in [-0.39, 0.29) is 0 Å². The third kappa shape index (κ3) is 7.05. The smallest absolute Gasteiger partial charge is 0.427 e. The van der Waals surface area contributed by atoms with Crippen molar-refractivity contribution < 1.29 is 9.53 Å². The second kappa shape index (κ2) is 8.04. The molecule has 1 amide bonds. The van der Waals surface area contributed by atoms with E-state index in [0.29, 0.717) is 6.61 Å². The average molecular weight is 171 g/mol. The first-order chi connectivity index (χ1) is 5.81. The number of nitrogens with one attached hydrogen (secondary N) is 1. The van der Waals surface area contributed by atoms with Gasteiger partial charge in [0.2, 0.25) is 0 Å². The number of rotatable bonds is 6. The number of nitrogens with zero attached hydrogens (tertiary/aromatic N) is 1. The molecule has 0 spiro atoms. The Hall–Kier alpha value is -1.06. The molecule has 1 radical (unpaired) electrons. The van der Waals surface area contributed by atoms with Crippen LogP contribution < -0.4 is 5.43 Å². The van der Waals surface area contributed by atoms with Crippen LogP contribution in [0.2, 0.25) is 0 Å². The summed E-state index contributed by atoms with van der Waals surface area (Å²) < 4.78 is 4.71. The van der Waals surface area contributed by atoms with Gasteiger partial charge in [0.25, 0.3) is 0 Å². The van der Waals surface area contributed by atoms with E-state index in [2.05, 4.69) is 12.0 Å². The van der Waals surface area contributed by atoms with Crippen LogP contribution in [0.25, 0.3) is 0 Å². The molecule has 0 atom stereocenters. The van der Waals surface area contributed by atoms with E-state index in [0.717, 1.165) is 12.8 Å². The minimum atomic E-state index is -0.589. The lowest BCUT2D eigenvalue weighted by Gasteiger charge is -2.01. The van der Waals surface area contributed by atoms with Crippen LogP contribution in [0, 0.1) is 0 Å². The van der Waals surface area contributed by atoms with Crippen molar-refractivity contribution in [2.24, 2.45) is 5.10 Å². The van der Waals surface area contributed by atoms with E-state index in [1.165, 1.54) is 12.8 Å². The van der Waals surface area contributed by atoms with Crippen molar-refractivity contribution in [3.63, 3.8) is 0 Å². The van der Waals surface area contributed by atoms with Gasteiger partial charge in [-0.3, -0.25) is 0 Å². The lowest BCUT2D eigenvalue weighted by Crippen LogP contribution is -2.18. The van der Waals surface area contributed by atoms with Gasteiger partial charge in [-0.15, -0.1) is 0 Å². The maximum absolute atomic E-state index is 10.6. The molecule has 0 rings (SSSR count). The van der Waals surface area contributed by atoms with Gasteiger partial charge in [-0.1, -0.05) is 26.2 Å². The maximum Gasteiger partial charge on any atom is 0.427 e. The lowest BCUT2D eigenvalue weighted by molar-refractivity contribution is 0.144. The Labute approximate surface area is 73.0 Å². The molecule has 0 aromatic carbocycles. The molecule has 0 aromatic heterocycles. The standard InChI is InChI=1S/C8H15N2O2/c1-3-4-5-6-7-12-8(11)10-9-2/h2H,3-7H2,1H3,(H,10,11). The SMILES string of the molecule is [CH]=NNC(=O)OCCCCCC. The van der Waals surface area contributed by atoms with Crippen molar-refractivity contribution in [3.8, 4) is 0 Å². The normalized spacial score (nSPS) is 9.08. The number of hydrazone groups is 1. The van der Waals surface area contributed by atoms with E-state index in [1.54, 1.807) is 0 Å². The number of hydrogen-bond acceptors (Lipinski definition) is 3. The van der Waals surface area contributed by atoms with Crippen LogP contribution in [-0.4, -0.2) is 19.4 Å². The molecule has 0 saturated heterocycles. The molecule has 4 heteroatoms. The second-order valence-corrected chi connectivity index (χ2v) is 2.44. The molecule has 0 fully saturated rings. The minimum absolute atomic E-state index is 0.432. The molecular weight excluding hydrogens is 156 g/mol. The van der Waals surface area contributed by atoms with Crippen molar-refractivity contribution >= 4 is 12.8 Å². The molecular formula is C8H15N2O2. The monoisotopic (exact) mass is 171 g/mol. The van der Waals surface area contributed by atoms with Gasteiger partial charge in [0.15, 0.2) is 0 Å². The molecule has 0 aromatic rings. The number of hydrogen-bond donors (Lipinski definition) is 1. The first-order valence-electron chi connectivity index (χ1n) is 4.14. The summed E-state index contributed by atoms with van der Waals surface area (Å²) in [4.78, 5) is 10.6. The van der Waals surface area contributed by atoms with E-state index in [4.69, 9.17) is 11.5 Å².